The second kappa shape index (κ2) is 4.72. The van der Waals surface area contributed by atoms with Gasteiger partial charge in [0.15, 0.2) is 0 Å². The molecule has 0 fully saturated rings. The van der Waals surface area contributed by atoms with Crippen LogP contribution in [0.25, 0.3) is 0 Å². The van der Waals surface area contributed by atoms with Crippen LogP contribution in [0, 0.1) is 0 Å². The fourth-order valence-electron chi connectivity index (χ4n) is 0.823. The van der Waals surface area contributed by atoms with Gasteiger partial charge in [-0.15, -0.1) is 0 Å². The van der Waals surface area contributed by atoms with Crippen molar-refractivity contribution in [1.82, 2.24) is 4.90 Å². The van der Waals surface area contributed by atoms with Gasteiger partial charge in [-0.05, 0) is 0 Å². The summed E-state index contributed by atoms with van der Waals surface area (Å²) in [5.74, 6) is 0. The predicted octanol–water partition coefficient (Wildman–Crippen LogP) is 1.95. The van der Waals surface area contributed by atoms with E-state index in [1.165, 1.54) is 0 Å². The average molecular weight is 193 g/mol. The Morgan fingerprint density at radius 1 is 1.31 bits per heavy atom. The summed E-state index contributed by atoms with van der Waals surface area (Å²) >= 11 is 5.11. The highest BCUT2D eigenvalue weighted by molar-refractivity contribution is 7.80. The normalized spacial score (nSPS) is 10.3. The highest BCUT2D eigenvalue weighted by atomic mass is 32.1. The van der Waals surface area contributed by atoms with Crippen LogP contribution in [-0.4, -0.2) is 30.3 Å². The topological polar surface area (TPSA) is 15.6 Å². The average Bonchev–Trinajstić information content (AvgIpc) is 2.15. The molecule has 0 amide bonds. The lowest BCUT2D eigenvalue weighted by molar-refractivity contribution is 0.644. The number of nitrogens with zero attached hydrogens (tertiary/aromatic N) is 2. The lowest BCUT2D eigenvalue weighted by atomic mass is 10.2. The summed E-state index contributed by atoms with van der Waals surface area (Å²) < 4.78 is 0. The molecule has 1 rings (SSSR count). The Bertz CT molecular complexity index is 304. The molecule has 0 heterocycles. The number of benzene rings is 1. The van der Waals surface area contributed by atoms with Gasteiger partial charge in [-0.3, -0.25) is 0 Å². The molecule has 3 heteroatoms. The number of aliphatic imine (C=N–C) groups is 1. The Hall–Kier alpha value is -1.22. The van der Waals surface area contributed by atoms with Crippen molar-refractivity contribution in [3.8, 4) is 0 Å². The molecule has 0 radical (unpaired) electrons. The maximum absolute atomic E-state index is 5.11. The van der Waals surface area contributed by atoms with Crippen LogP contribution in [0.15, 0.2) is 35.3 Å². The van der Waals surface area contributed by atoms with E-state index in [2.05, 4.69) is 4.99 Å². The van der Waals surface area contributed by atoms with Crippen molar-refractivity contribution in [3.05, 3.63) is 35.9 Å². The molecule has 0 N–H and O–H groups in total. The predicted molar refractivity (Wildman–Crippen MR) is 60.3 cm³/mol. The van der Waals surface area contributed by atoms with Gasteiger partial charge in [0.1, 0.15) is 4.99 Å². The largest absolute Gasteiger partial charge is 0.369 e. The molecule has 0 bridgehead atoms. The quantitative estimate of drug-likeness (QED) is 0.309. The summed E-state index contributed by atoms with van der Waals surface area (Å²) in [5, 5.41) is 0. The Morgan fingerprint density at radius 2 is 1.92 bits per heavy atom. The van der Waals surface area contributed by atoms with Gasteiger partial charge in [-0.2, -0.15) is 0 Å². The van der Waals surface area contributed by atoms with E-state index in [9.17, 15) is 0 Å². The Balaban J connectivity index is 2.70. The van der Waals surface area contributed by atoms with Crippen molar-refractivity contribution in [3.63, 3.8) is 0 Å². The molecule has 0 aromatic heterocycles. The van der Waals surface area contributed by atoms with Crippen molar-refractivity contribution < 1.29 is 0 Å². The second-order valence-electron chi connectivity index (χ2n) is 2.88. The van der Waals surface area contributed by atoms with Crippen LogP contribution in [0.2, 0.25) is 0 Å². The maximum Gasteiger partial charge on any atom is 0.135 e. The Kier molecular flexibility index (Phi) is 3.58. The summed E-state index contributed by atoms with van der Waals surface area (Å²) in [6.07, 6.45) is 1.70. The van der Waals surface area contributed by atoms with Crippen LogP contribution in [0.1, 0.15) is 5.56 Å². The zero-order valence-corrected chi connectivity index (χ0v) is 8.58. The molecule has 1 aromatic carbocycles. The van der Waals surface area contributed by atoms with Gasteiger partial charge in [0.2, 0.25) is 0 Å². The molecule has 0 spiro atoms. The number of hydrogen-bond acceptors (Lipinski definition) is 1. The molecular weight excluding hydrogens is 181 g/mol. The van der Waals surface area contributed by atoms with Crippen molar-refractivity contribution in [1.29, 1.82) is 0 Å². The lowest BCUT2D eigenvalue weighted by Gasteiger charge is -2.02. The Morgan fingerprint density at radius 3 is 2.46 bits per heavy atom. The molecule has 0 saturated carbocycles. The highest BCUT2D eigenvalue weighted by Gasteiger charge is 1.95. The van der Waals surface area contributed by atoms with Crippen molar-refractivity contribution >= 4 is 23.5 Å². The molecule has 1 aromatic rings. The standard InChI is InChI=1S/C10H12N2S/c1-12(2)8-11-10(13)9-6-4-3-5-7-9/h3-8H,1-2H3/i11+1. The van der Waals surface area contributed by atoms with E-state index in [1.54, 1.807) is 6.34 Å². The third-order valence-electron chi connectivity index (χ3n) is 1.43. The number of rotatable bonds is 2. The van der Waals surface area contributed by atoms with Gasteiger partial charge in [0.05, 0.1) is 6.34 Å². The SMILES string of the molecule is CN(C)C=[15N]C(=S)c1ccccc1. The number of thiocarbonyl (C=S) groups is 1. The zero-order chi connectivity index (χ0) is 9.68. The lowest BCUT2D eigenvalue weighted by Crippen LogP contribution is -2.09. The van der Waals surface area contributed by atoms with Gasteiger partial charge in [0.25, 0.3) is 0 Å². The molecule has 2 nitrogen and oxygen atoms in total. The molecular formula is C10H12N2S. The maximum atomic E-state index is 5.11. The first kappa shape index (κ1) is 9.86. The molecule has 0 aliphatic heterocycles. The third kappa shape index (κ3) is 3.34. The van der Waals surface area contributed by atoms with Crippen molar-refractivity contribution in [2.24, 2.45) is 4.99 Å². The fourth-order valence-corrected chi connectivity index (χ4v) is 1.01. The van der Waals surface area contributed by atoms with E-state index in [4.69, 9.17) is 12.2 Å². The zero-order valence-electron chi connectivity index (χ0n) is 7.77. The highest BCUT2D eigenvalue weighted by Crippen LogP contribution is 2.01. The first-order chi connectivity index (χ1) is 6.20. The van der Waals surface area contributed by atoms with Crippen molar-refractivity contribution in [2.45, 2.75) is 0 Å². The smallest absolute Gasteiger partial charge is 0.135 e. The van der Waals surface area contributed by atoms with Crippen LogP contribution >= 0.6 is 12.2 Å². The molecule has 0 aliphatic carbocycles. The number of hydrogen-bond donors (Lipinski definition) is 0. The second-order valence-corrected chi connectivity index (χ2v) is 3.27. The van der Waals surface area contributed by atoms with Crippen LogP contribution in [0.5, 0.6) is 0 Å². The van der Waals surface area contributed by atoms with Gasteiger partial charge >= 0.3 is 0 Å². The molecule has 0 unspecified atom stereocenters. The van der Waals surface area contributed by atoms with Gasteiger partial charge < -0.3 is 4.90 Å². The van der Waals surface area contributed by atoms with E-state index in [0.29, 0.717) is 4.99 Å². The summed E-state index contributed by atoms with van der Waals surface area (Å²) in [4.78, 5) is 6.60. The van der Waals surface area contributed by atoms with E-state index >= 15 is 0 Å². The van der Waals surface area contributed by atoms with Crippen LogP contribution in [0.4, 0.5) is 0 Å². The minimum atomic E-state index is 0.620. The fraction of sp³-hybridized carbons (Fsp3) is 0.200. The summed E-state index contributed by atoms with van der Waals surface area (Å²) in [5.41, 5.74) is 0.982. The summed E-state index contributed by atoms with van der Waals surface area (Å²) in [6.45, 7) is 0. The van der Waals surface area contributed by atoms with Gasteiger partial charge in [-0.25, -0.2) is 4.99 Å². The third-order valence-corrected chi connectivity index (χ3v) is 1.77. The molecule has 0 atom stereocenters. The van der Waals surface area contributed by atoms with Crippen LogP contribution in [-0.2, 0) is 0 Å². The van der Waals surface area contributed by atoms with E-state index in [-0.39, 0.29) is 0 Å². The minimum absolute atomic E-state index is 0.620. The summed E-state index contributed by atoms with van der Waals surface area (Å²) in [7, 11) is 3.83. The Labute approximate surface area is 83.9 Å². The van der Waals surface area contributed by atoms with E-state index in [0.717, 1.165) is 5.56 Å². The van der Waals surface area contributed by atoms with Crippen LogP contribution in [0.3, 0.4) is 0 Å². The molecule has 0 saturated heterocycles. The molecule has 13 heavy (non-hydrogen) atoms. The first-order valence-electron chi connectivity index (χ1n) is 4.00. The minimum Gasteiger partial charge on any atom is -0.369 e. The first-order valence-corrected chi connectivity index (χ1v) is 4.41. The van der Waals surface area contributed by atoms with E-state index < -0.39 is 0 Å². The van der Waals surface area contributed by atoms with Gasteiger partial charge in [-0.1, -0.05) is 42.5 Å². The van der Waals surface area contributed by atoms with E-state index in [1.807, 2.05) is 49.3 Å². The van der Waals surface area contributed by atoms with Gasteiger partial charge in [0, 0.05) is 19.7 Å². The van der Waals surface area contributed by atoms with Crippen LogP contribution < -0.4 is 0 Å². The van der Waals surface area contributed by atoms with Crippen molar-refractivity contribution in [2.75, 3.05) is 14.1 Å². The monoisotopic (exact) mass is 193 g/mol. The molecule has 68 valence electrons. The molecule has 0 aliphatic rings. The summed E-state index contributed by atoms with van der Waals surface area (Å²) in [6, 6.07) is 9.77.